The molecule has 152 valence electrons. The van der Waals surface area contributed by atoms with Crippen LogP contribution in [-0.2, 0) is 0 Å². The van der Waals surface area contributed by atoms with Gasteiger partial charge in [0.25, 0.3) is 5.91 Å². The smallest absolute Gasteiger partial charge is 0.259 e. The first-order chi connectivity index (χ1) is 14.5. The predicted molar refractivity (Wildman–Crippen MR) is 122 cm³/mol. The normalized spacial score (nSPS) is 10.8. The summed E-state index contributed by atoms with van der Waals surface area (Å²) in [4.78, 5) is 14.4. The SMILES string of the molecule is COc1ccc(-n2nc3ccc(NC(=O)c4cc(Br)cc(Br)c4OC)cc3n2)cc1. The highest BCUT2D eigenvalue weighted by molar-refractivity contribution is 9.11. The summed E-state index contributed by atoms with van der Waals surface area (Å²) in [5, 5.41) is 11.9. The molecule has 1 aromatic heterocycles. The molecular weight excluding hydrogens is 516 g/mol. The molecule has 1 amide bonds. The molecule has 0 fully saturated rings. The number of hydrogen-bond acceptors (Lipinski definition) is 5. The highest BCUT2D eigenvalue weighted by atomic mass is 79.9. The van der Waals surface area contributed by atoms with E-state index < -0.39 is 0 Å². The van der Waals surface area contributed by atoms with E-state index in [9.17, 15) is 4.79 Å². The summed E-state index contributed by atoms with van der Waals surface area (Å²) < 4.78 is 12.0. The van der Waals surface area contributed by atoms with Crippen molar-refractivity contribution in [3.05, 3.63) is 69.1 Å². The molecule has 0 spiro atoms. The Morgan fingerprint density at radius 2 is 1.67 bits per heavy atom. The largest absolute Gasteiger partial charge is 0.497 e. The number of nitrogens with zero attached hydrogens (tertiary/aromatic N) is 3. The van der Waals surface area contributed by atoms with Crippen LogP contribution in [0.25, 0.3) is 16.7 Å². The summed E-state index contributed by atoms with van der Waals surface area (Å²) in [6, 6.07) is 16.3. The van der Waals surface area contributed by atoms with Crippen LogP contribution in [0.2, 0.25) is 0 Å². The van der Waals surface area contributed by atoms with Crippen molar-refractivity contribution >= 4 is 54.5 Å². The fourth-order valence-electron chi connectivity index (χ4n) is 2.96. The van der Waals surface area contributed by atoms with Gasteiger partial charge in [0.15, 0.2) is 0 Å². The zero-order valence-corrected chi connectivity index (χ0v) is 19.2. The standard InChI is InChI=1S/C21H16Br2N4O3/c1-29-15-6-4-14(5-7-15)27-25-18-8-3-13(11-19(18)26-27)24-21(28)16-9-12(22)10-17(23)20(16)30-2/h3-11H,1-2H3,(H,24,28). The average molecular weight is 532 g/mol. The Balaban J connectivity index is 1.62. The minimum atomic E-state index is -0.296. The lowest BCUT2D eigenvalue weighted by molar-refractivity contribution is 0.102. The second kappa shape index (κ2) is 8.45. The van der Waals surface area contributed by atoms with Gasteiger partial charge in [-0.3, -0.25) is 4.79 Å². The molecule has 0 saturated carbocycles. The van der Waals surface area contributed by atoms with Gasteiger partial charge in [-0.15, -0.1) is 10.2 Å². The molecule has 0 bridgehead atoms. The van der Waals surface area contributed by atoms with Crippen LogP contribution in [0.4, 0.5) is 5.69 Å². The molecular formula is C21H16Br2N4O3. The van der Waals surface area contributed by atoms with Gasteiger partial charge in [-0.05, 0) is 70.5 Å². The molecule has 1 N–H and O–H groups in total. The number of anilines is 1. The van der Waals surface area contributed by atoms with E-state index in [0.29, 0.717) is 32.5 Å². The monoisotopic (exact) mass is 530 g/mol. The van der Waals surface area contributed by atoms with Crippen LogP contribution in [0.15, 0.2) is 63.5 Å². The fourth-order valence-corrected chi connectivity index (χ4v) is 4.35. The number of hydrogen-bond donors (Lipinski definition) is 1. The molecule has 9 heteroatoms. The van der Waals surface area contributed by atoms with Crippen LogP contribution < -0.4 is 14.8 Å². The van der Waals surface area contributed by atoms with Gasteiger partial charge in [0.1, 0.15) is 22.5 Å². The van der Waals surface area contributed by atoms with Gasteiger partial charge in [-0.1, -0.05) is 15.9 Å². The molecule has 4 aromatic rings. The first-order valence-corrected chi connectivity index (χ1v) is 10.4. The van der Waals surface area contributed by atoms with Crippen molar-refractivity contribution in [3.8, 4) is 17.2 Å². The van der Waals surface area contributed by atoms with Gasteiger partial charge in [0, 0.05) is 10.2 Å². The third kappa shape index (κ3) is 4.03. The van der Waals surface area contributed by atoms with Crippen LogP contribution in [0, 0.1) is 0 Å². The lowest BCUT2D eigenvalue weighted by Gasteiger charge is -2.11. The number of carbonyl (C=O) groups excluding carboxylic acids is 1. The molecule has 1 heterocycles. The average Bonchev–Trinajstić information content (AvgIpc) is 3.16. The first-order valence-electron chi connectivity index (χ1n) is 8.84. The van der Waals surface area contributed by atoms with Crippen molar-refractivity contribution in [2.24, 2.45) is 0 Å². The number of halogens is 2. The van der Waals surface area contributed by atoms with E-state index in [2.05, 4.69) is 47.4 Å². The molecule has 3 aromatic carbocycles. The predicted octanol–water partition coefficient (Wildman–Crippen LogP) is 5.22. The van der Waals surface area contributed by atoms with Crippen molar-refractivity contribution in [2.75, 3.05) is 19.5 Å². The second-order valence-electron chi connectivity index (χ2n) is 6.31. The van der Waals surface area contributed by atoms with Crippen molar-refractivity contribution in [1.29, 1.82) is 0 Å². The number of amides is 1. The molecule has 0 saturated heterocycles. The third-order valence-corrected chi connectivity index (χ3v) is 5.45. The topological polar surface area (TPSA) is 78.3 Å². The lowest BCUT2D eigenvalue weighted by atomic mass is 10.1. The van der Waals surface area contributed by atoms with Gasteiger partial charge in [-0.2, -0.15) is 4.80 Å². The summed E-state index contributed by atoms with van der Waals surface area (Å²) in [6.07, 6.45) is 0. The van der Waals surface area contributed by atoms with Crippen LogP contribution >= 0.6 is 31.9 Å². The number of methoxy groups -OCH3 is 2. The summed E-state index contributed by atoms with van der Waals surface area (Å²) >= 11 is 6.82. The Morgan fingerprint density at radius 3 is 2.37 bits per heavy atom. The Morgan fingerprint density at radius 1 is 0.933 bits per heavy atom. The summed E-state index contributed by atoms with van der Waals surface area (Å²) in [6.45, 7) is 0. The molecule has 0 atom stereocenters. The second-order valence-corrected chi connectivity index (χ2v) is 8.08. The zero-order chi connectivity index (χ0) is 21.3. The van der Waals surface area contributed by atoms with Gasteiger partial charge < -0.3 is 14.8 Å². The molecule has 7 nitrogen and oxygen atoms in total. The van der Waals surface area contributed by atoms with Gasteiger partial charge in [0.05, 0.1) is 29.9 Å². The maximum Gasteiger partial charge on any atom is 0.259 e. The van der Waals surface area contributed by atoms with E-state index in [1.165, 1.54) is 7.11 Å². The summed E-state index contributed by atoms with van der Waals surface area (Å²) in [7, 11) is 3.14. The van der Waals surface area contributed by atoms with E-state index in [0.717, 1.165) is 15.9 Å². The Labute approximate surface area is 189 Å². The van der Waals surface area contributed by atoms with E-state index >= 15 is 0 Å². The molecule has 0 aliphatic rings. The number of fused-ring (bicyclic) bond motifs is 1. The van der Waals surface area contributed by atoms with Gasteiger partial charge >= 0.3 is 0 Å². The molecule has 0 aliphatic carbocycles. The number of benzene rings is 3. The molecule has 0 unspecified atom stereocenters. The highest BCUT2D eigenvalue weighted by Gasteiger charge is 2.17. The Hall–Kier alpha value is -2.91. The minimum Gasteiger partial charge on any atom is -0.497 e. The number of ether oxygens (including phenoxy) is 2. The Bertz CT molecular complexity index is 1240. The van der Waals surface area contributed by atoms with E-state index in [4.69, 9.17) is 9.47 Å². The van der Waals surface area contributed by atoms with Crippen molar-refractivity contribution in [2.45, 2.75) is 0 Å². The summed E-state index contributed by atoms with van der Waals surface area (Å²) in [5.74, 6) is 0.924. The zero-order valence-electron chi connectivity index (χ0n) is 16.0. The Kier molecular flexibility index (Phi) is 5.74. The third-order valence-electron chi connectivity index (χ3n) is 4.40. The number of aromatic nitrogens is 3. The summed E-state index contributed by atoms with van der Waals surface area (Å²) in [5.41, 5.74) is 3.19. The van der Waals surface area contributed by atoms with Crippen LogP contribution in [0.5, 0.6) is 11.5 Å². The maximum absolute atomic E-state index is 12.8. The fraction of sp³-hybridized carbons (Fsp3) is 0.0952. The number of carbonyl (C=O) groups is 1. The van der Waals surface area contributed by atoms with Gasteiger partial charge in [0.2, 0.25) is 0 Å². The van der Waals surface area contributed by atoms with E-state index in [1.807, 2.05) is 36.4 Å². The van der Waals surface area contributed by atoms with Crippen molar-refractivity contribution in [3.63, 3.8) is 0 Å². The highest BCUT2D eigenvalue weighted by Crippen LogP contribution is 2.33. The van der Waals surface area contributed by atoms with Crippen molar-refractivity contribution < 1.29 is 14.3 Å². The van der Waals surface area contributed by atoms with Crippen molar-refractivity contribution in [1.82, 2.24) is 15.0 Å². The quantitative estimate of drug-likeness (QED) is 0.382. The number of rotatable bonds is 5. The minimum absolute atomic E-state index is 0.296. The number of nitrogens with one attached hydrogen (secondary N) is 1. The van der Waals surface area contributed by atoms with E-state index in [-0.39, 0.29) is 5.91 Å². The molecule has 30 heavy (non-hydrogen) atoms. The maximum atomic E-state index is 12.8. The van der Waals surface area contributed by atoms with Crippen LogP contribution in [0.3, 0.4) is 0 Å². The first kappa shape index (κ1) is 20.4. The van der Waals surface area contributed by atoms with Crippen LogP contribution in [-0.4, -0.2) is 35.1 Å². The molecule has 0 radical (unpaired) electrons. The van der Waals surface area contributed by atoms with E-state index in [1.54, 1.807) is 30.1 Å². The molecule has 0 aliphatic heterocycles. The van der Waals surface area contributed by atoms with Gasteiger partial charge in [-0.25, -0.2) is 0 Å². The lowest BCUT2D eigenvalue weighted by Crippen LogP contribution is -2.13. The van der Waals surface area contributed by atoms with Crippen LogP contribution in [0.1, 0.15) is 10.4 Å². The molecule has 4 rings (SSSR count).